The number of piperazine rings is 1. The van der Waals surface area contributed by atoms with Crippen molar-refractivity contribution in [2.45, 2.75) is 13.0 Å². The molecule has 0 spiro atoms. The zero-order valence-electron chi connectivity index (χ0n) is 15.2. The number of nitrogens with one attached hydrogen (secondary N) is 2. The van der Waals surface area contributed by atoms with Crippen LogP contribution >= 0.6 is 0 Å². The Morgan fingerprint density at radius 1 is 1.15 bits per heavy atom. The molecular formula is C20H23FN3O3+. The lowest BCUT2D eigenvalue weighted by Crippen LogP contribution is -3.19. The number of amides is 1. The molecule has 2 N–H and O–H groups in total. The minimum Gasteiger partial charge on any atom is -0.454 e. The van der Waals surface area contributed by atoms with Gasteiger partial charge in [-0.1, -0.05) is 12.1 Å². The summed E-state index contributed by atoms with van der Waals surface area (Å²) in [5, 5.41) is 2.95. The highest BCUT2D eigenvalue weighted by Gasteiger charge is 2.30. The number of halogens is 1. The summed E-state index contributed by atoms with van der Waals surface area (Å²) in [4.78, 5) is 15.9. The van der Waals surface area contributed by atoms with E-state index in [4.69, 9.17) is 9.47 Å². The van der Waals surface area contributed by atoms with Gasteiger partial charge in [0, 0.05) is 11.8 Å². The lowest BCUT2D eigenvalue weighted by atomic mass is 10.2. The largest absolute Gasteiger partial charge is 0.454 e. The van der Waals surface area contributed by atoms with Gasteiger partial charge in [-0.25, -0.2) is 4.39 Å². The van der Waals surface area contributed by atoms with Crippen LogP contribution in [0.4, 0.5) is 15.8 Å². The Morgan fingerprint density at radius 2 is 1.89 bits per heavy atom. The third-order valence-corrected chi connectivity index (χ3v) is 5.24. The van der Waals surface area contributed by atoms with E-state index in [9.17, 15) is 9.18 Å². The zero-order chi connectivity index (χ0) is 18.8. The Bertz CT molecular complexity index is 837. The van der Waals surface area contributed by atoms with E-state index in [1.54, 1.807) is 24.3 Å². The molecule has 142 valence electrons. The van der Waals surface area contributed by atoms with Crippen molar-refractivity contribution in [3.05, 3.63) is 48.3 Å². The number of benzene rings is 2. The van der Waals surface area contributed by atoms with Crippen LogP contribution in [0.5, 0.6) is 11.5 Å². The number of quaternary nitrogens is 1. The van der Waals surface area contributed by atoms with Crippen LogP contribution in [0.25, 0.3) is 0 Å². The number of nitrogens with zero attached hydrogens (tertiary/aromatic N) is 1. The summed E-state index contributed by atoms with van der Waals surface area (Å²) < 4.78 is 24.6. The average molecular weight is 372 g/mol. The maximum Gasteiger partial charge on any atom is 0.282 e. The van der Waals surface area contributed by atoms with Crippen LogP contribution in [-0.2, 0) is 4.79 Å². The summed E-state index contributed by atoms with van der Waals surface area (Å²) in [6.45, 7) is 5.14. The molecular weight excluding hydrogens is 349 g/mol. The molecule has 1 fully saturated rings. The van der Waals surface area contributed by atoms with E-state index < -0.39 is 0 Å². The molecule has 2 aliphatic rings. The molecule has 7 heteroatoms. The first-order valence-corrected chi connectivity index (χ1v) is 9.16. The van der Waals surface area contributed by atoms with Gasteiger partial charge < -0.3 is 24.6 Å². The Labute approximate surface area is 157 Å². The fraction of sp³-hybridized carbons (Fsp3) is 0.350. The van der Waals surface area contributed by atoms with Gasteiger partial charge in [0.1, 0.15) is 5.82 Å². The van der Waals surface area contributed by atoms with Crippen LogP contribution in [0.3, 0.4) is 0 Å². The second-order valence-electron chi connectivity index (χ2n) is 6.88. The van der Waals surface area contributed by atoms with Crippen molar-refractivity contribution in [1.29, 1.82) is 0 Å². The first-order chi connectivity index (χ1) is 13.1. The van der Waals surface area contributed by atoms with Crippen LogP contribution in [-0.4, -0.2) is 44.9 Å². The quantitative estimate of drug-likeness (QED) is 0.849. The topological polar surface area (TPSA) is 55.2 Å². The predicted octanol–water partition coefficient (Wildman–Crippen LogP) is 1.29. The van der Waals surface area contributed by atoms with E-state index in [0.717, 1.165) is 26.2 Å². The van der Waals surface area contributed by atoms with Crippen molar-refractivity contribution in [1.82, 2.24) is 0 Å². The Balaban J connectivity index is 1.34. The average Bonchev–Trinajstić information content (AvgIpc) is 3.16. The molecule has 0 saturated carbocycles. The number of hydrogen-bond donors (Lipinski definition) is 2. The summed E-state index contributed by atoms with van der Waals surface area (Å²) >= 11 is 0. The molecule has 4 rings (SSSR count). The van der Waals surface area contributed by atoms with Gasteiger partial charge in [-0.2, -0.15) is 0 Å². The van der Waals surface area contributed by atoms with Gasteiger partial charge in [0.15, 0.2) is 17.5 Å². The van der Waals surface area contributed by atoms with Gasteiger partial charge in [-0.3, -0.25) is 4.79 Å². The fourth-order valence-electron chi connectivity index (χ4n) is 3.59. The lowest BCUT2D eigenvalue weighted by molar-refractivity contribution is -0.914. The molecule has 6 nitrogen and oxygen atoms in total. The normalized spacial score (nSPS) is 17.6. The number of carbonyl (C=O) groups excluding carboxylic acids is 1. The van der Waals surface area contributed by atoms with Crippen molar-refractivity contribution in [3.8, 4) is 11.5 Å². The molecule has 0 unspecified atom stereocenters. The van der Waals surface area contributed by atoms with E-state index in [1.807, 2.05) is 24.0 Å². The van der Waals surface area contributed by atoms with Gasteiger partial charge in [-0.05, 0) is 31.2 Å². The predicted molar refractivity (Wildman–Crippen MR) is 100.0 cm³/mol. The standard InChI is InChI=1S/C20H22FN3O3/c1-14(20(25)22-15-6-7-18-19(12-15)27-13-26-18)23-8-10-24(11-9-23)17-5-3-2-4-16(17)21/h2-7,12,14H,8-11,13H2,1H3,(H,22,25)/p+1/t14-/m1/s1. The van der Waals surface area contributed by atoms with Crippen molar-refractivity contribution < 1.29 is 23.6 Å². The van der Waals surface area contributed by atoms with E-state index in [0.29, 0.717) is 22.9 Å². The molecule has 0 aliphatic carbocycles. The second kappa shape index (κ2) is 7.44. The molecule has 1 atom stereocenters. The second-order valence-corrected chi connectivity index (χ2v) is 6.88. The van der Waals surface area contributed by atoms with Gasteiger partial charge in [0.2, 0.25) is 6.79 Å². The molecule has 0 bridgehead atoms. The van der Waals surface area contributed by atoms with Gasteiger partial charge in [0.05, 0.1) is 31.9 Å². The van der Waals surface area contributed by atoms with Crippen molar-refractivity contribution >= 4 is 17.3 Å². The molecule has 27 heavy (non-hydrogen) atoms. The first-order valence-electron chi connectivity index (χ1n) is 9.16. The van der Waals surface area contributed by atoms with Gasteiger partial charge >= 0.3 is 0 Å². The summed E-state index contributed by atoms with van der Waals surface area (Å²) in [5.41, 5.74) is 1.33. The number of hydrogen-bond acceptors (Lipinski definition) is 4. The molecule has 2 aromatic rings. The minimum absolute atomic E-state index is 0.0387. The summed E-state index contributed by atoms with van der Waals surface area (Å²) in [6.07, 6.45) is 0. The molecule has 0 radical (unpaired) electrons. The number of rotatable bonds is 4. The van der Waals surface area contributed by atoms with Crippen LogP contribution in [0.2, 0.25) is 0 Å². The highest BCUT2D eigenvalue weighted by molar-refractivity contribution is 5.94. The van der Waals surface area contributed by atoms with Crippen molar-refractivity contribution in [2.24, 2.45) is 0 Å². The molecule has 2 heterocycles. The SMILES string of the molecule is C[C@H](C(=O)Nc1ccc2c(c1)OCO2)[NH+]1CCN(c2ccccc2F)CC1. The summed E-state index contributed by atoms with van der Waals surface area (Å²) in [6, 6.07) is 12.0. The lowest BCUT2D eigenvalue weighted by Gasteiger charge is -2.36. The van der Waals surface area contributed by atoms with Crippen LogP contribution < -0.4 is 24.6 Å². The van der Waals surface area contributed by atoms with E-state index in [-0.39, 0.29) is 24.6 Å². The van der Waals surface area contributed by atoms with E-state index in [2.05, 4.69) is 5.32 Å². The maximum atomic E-state index is 14.0. The Hall–Kier alpha value is -2.80. The molecule has 2 aliphatic heterocycles. The maximum absolute atomic E-state index is 14.0. The van der Waals surface area contributed by atoms with Gasteiger partial charge in [0.25, 0.3) is 5.91 Å². The van der Waals surface area contributed by atoms with Crippen molar-refractivity contribution in [3.63, 3.8) is 0 Å². The van der Waals surface area contributed by atoms with Crippen LogP contribution in [0.1, 0.15) is 6.92 Å². The number of ether oxygens (including phenoxy) is 2. The zero-order valence-corrected chi connectivity index (χ0v) is 15.2. The van der Waals surface area contributed by atoms with E-state index in [1.165, 1.54) is 11.0 Å². The molecule has 0 aromatic heterocycles. The number of fused-ring (bicyclic) bond motifs is 1. The number of anilines is 2. The fourth-order valence-corrected chi connectivity index (χ4v) is 3.59. The Morgan fingerprint density at radius 3 is 2.67 bits per heavy atom. The monoisotopic (exact) mass is 372 g/mol. The van der Waals surface area contributed by atoms with Crippen LogP contribution in [0, 0.1) is 5.82 Å². The number of para-hydroxylation sites is 1. The highest BCUT2D eigenvalue weighted by atomic mass is 19.1. The van der Waals surface area contributed by atoms with E-state index >= 15 is 0 Å². The van der Waals surface area contributed by atoms with Crippen LogP contribution in [0.15, 0.2) is 42.5 Å². The number of carbonyl (C=O) groups is 1. The molecule has 2 aromatic carbocycles. The molecule has 1 amide bonds. The third-order valence-electron chi connectivity index (χ3n) is 5.24. The van der Waals surface area contributed by atoms with Crippen molar-refractivity contribution in [2.75, 3.05) is 43.2 Å². The Kier molecular flexibility index (Phi) is 4.85. The molecule has 1 saturated heterocycles. The van der Waals surface area contributed by atoms with Gasteiger partial charge in [-0.15, -0.1) is 0 Å². The third kappa shape index (κ3) is 3.68. The smallest absolute Gasteiger partial charge is 0.282 e. The summed E-state index contributed by atoms with van der Waals surface area (Å²) in [7, 11) is 0. The highest BCUT2D eigenvalue weighted by Crippen LogP contribution is 2.34. The minimum atomic E-state index is -0.199. The first kappa shape index (κ1) is 17.6. The summed E-state index contributed by atoms with van der Waals surface area (Å²) in [5.74, 6) is 1.10.